The number of amides is 1. The van der Waals surface area contributed by atoms with Gasteiger partial charge in [0.1, 0.15) is 0 Å². The molecule has 0 radical (unpaired) electrons. The van der Waals surface area contributed by atoms with Gasteiger partial charge in [0, 0.05) is 17.8 Å². The Balaban J connectivity index is 1.46. The second kappa shape index (κ2) is 6.40. The Morgan fingerprint density at radius 2 is 2.04 bits per heavy atom. The van der Waals surface area contributed by atoms with Crippen molar-refractivity contribution in [2.24, 2.45) is 5.92 Å². The van der Waals surface area contributed by atoms with Crippen LogP contribution in [0.4, 0.5) is 5.82 Å². The third-order valence-corrected chi connectivity index (χ3v) is 5.34. The first-order chi connectivity index (χ1) is 11.7. The van der Waals surface area contributed by atoms with E-state index in [2.05, 4.69) is 15.7 Å². The van der Waals surface area contributed by atoms with E-state index in [1.54, 1.807) is 0 Å². The van der Waals surface area contributed by atoms with E-state index in [0.717, 1.165) is 17.7 Å². The number of fused-ring (bicyclic) bond motifs is 1. The van der Waals surface area contributed by atoms with E-state index < -0.39 is 0 Å². The van der Waals surface area contributed by atoms with Gasteiger partial charge in [-0.15, -0.1) is 5.10 Å². The van der Waals surface area contributed by atoms with Crippen LogP contribution in [0, 0.1) is 12.8 Å². The summed E-state index contributed by atoms with van der Waals surface area (Å²) in [6.07, 6.45) is 7.95. The van der Waals surface area contributed by atoms with Crippen LogP contribution in [0.1, 0.15) is 37.7 Å². The Labute approximate surface area is 142 Å². The maximum absolute atomic E-state index is 12.6. The second-order valence-electron chi connectivity index (χ2n) is 7.04. The number of aryl methyl sites for hydroxylation is 1. The molecule has 1 saturated heterocycles. The lowest BCUT2D eigenvalue weighted by Crippen LogP contribution is -2.40. The number of carbonyl (C=O) groups is 1. The standard InChI is InChI=1S/C19H24N4O/c1-13-12-23(15-8-3-2-4-9-15)22-18(13)21-19(24)17-11-14-7-5-6-10-16(14)20-17/h2-4,8-9,12,14,16-17,20H,5-7,10-11H2,1H3,(H,21,22,24)/t14-,16-,17+/m1/s1. The van der Waals surface area contributed by atoms with Crippen LogP contribution in [0.5, 0.6) is 0 Å². The van der Waals surface area contributed by atoms with Crippen molar-refractivity contribution >= 4 is 11.7 Å². The highest BCUT2D eigenvalue weighted by Crippen LogP contribution is 2.33. The molecule has 126 valence electrons. The molecule has 0 spiro atoms. The minimum Gasteiger partial charge on any atom is -0.308 e. The van der Waals surface area contributed by atoms with Crippen LogP contribution in [0.2, 0.25) is 0 Å². The number of rotatable bonds is 3. The number of aromatic nitrogens is 2. The first-order valence-corrected chi connectivity index (χ1v) is 8.89. The molecule has 1 aromatic carbocycles. The quantitative estimate of drug-likeness (QED) is 0.912. The van der Waals surface area contributed by atoms with Gasteiger partial charge in [0.25, 0.3) is 0 Å². The third-order valence-electron chi connectivity index (χ3n) is 5.34. The first-order valence-electron chi connectivity index (χ1n) is 8.89. The number of hydrogen-bond acceptors (Lipinski definition) is 3. The summed E-state index contributed by atoms with van der Waals surface area (Å²) in [7, 11) is 0. The highest BCUT2D eigenvalue weighted by molar-refractivity contribution is 5.94. The summed E-state index contributed by atoms with van der Waals surface area (Å²) >= 11 is 0. The molecule has 1 saturated carbocycles. The number of carbonyl (C=O) groups excluding carboxylic acids is 1. The van der Waals surface area contributed by atoms with Gasteiger partial charge in [-0.2, -0.15) is 0 Å². The van der Waals surface area contributed by atoms with E-state index in [-0.39, 0.29) is 11.9 Å². The topological polar surface area (TPSA) is 59.0 Å². The van der Waals surface area contributed by atoms with E-state index in [9.17, 15) is 4.79 Å². The molecule has 24 heavy (non-hydrogen) atoms. The van der Waals surface area contributed by atoms with Crippen molar-refractivity contribution in [3.63, 3.8) is 0 Å². The lowest BCUT2D eigenvalue weighted by Gasteiger charge is -2.24. The van der Waals surface area contributed by atoms with Gasteiger partial charge in [0.15, 0.2) is 5.82 Å². The smallest absolute Gasteiger partial charge is 0.242 e. The van der Waals surface area contributed by atoms with Crippen molar-refractivity contribution in [2.45, 2.75) is 51.1 Å². The number of nitrogens with zero attached hydrogens (tertiary/aromatic N) is 2. The van der Waals surface area contributed by atoms with Crippen LogP contribution in [0.15, 0.2) is 36.5 Å². The molecule has 3 atom stereocenters. The Kier molecular flexibility index (Phi) is 4.10. The van der Waals surface area contributed by atoms with Crippen LogP contribution in [0.25, 0.3) is 5.69 Å². The molecule has 5 heteroatoms. The summed E-state index contributed by atoms with van der Waals surface area (Å²) in [5, 5.41) is 11.1. The summed E-state index contributed by atoms with van der Waals surface area (Å²) in [4.78, 5) is 12.6. The third kappa shape index (κ3) is 2.96. The van der Waals surface area contributed by atoms with Gasteiger partial charge in [0.05, 0.1) is 11.7 Å². The highest BCUT2D eigenvalue weighted by Gasteiger charge is 2.38. The molecule has 2 fully saturated rings. The predicted molar refractivity (Wildman–Crippen MR) is 94.2 cm³/mol. The van der Waals surface area contributed by atoms with Crippen molar-refractivity contribution < 1.29 is 4.79 Å². The maximum atomic E-state index is 12.6. The molecule has 2 heterocycles. The average molecular weight is 324 g/mol. The van der Waals surface area contributed by atoms with Crippen molar-refractivity contribution in [1.82, 2.24) is 15.1 Å². The summed E-state index contributed by atoms with van der Waals surface area (Å²) in [6, 6.07) is 10.4. The summed E-state index contributed by atoms with van der Waals surface area (Å²) in [5.41, 5.74) is 1.97. The molecular formula is C19H24N4O. The van der Waals surface area contributed by atoms with Gasteiger partial charge in [-0.25, -0.2) is 4.68 Å². The molecule has 2 aromatic rings. The molecule has 4 rings (SSSR count). The van der Waals surface area contributed by atoms with Crippen LogP contribution in [-0.2, 0) is 4.79 Å². The number of para-hydroxylation sites is 1. The summed E-state index contributed by atoms with van der Waals surface area (Å²) < 4.78 is 1.81. The van der Waals surface area contributed by atoms with Crippen LogP contribution < -0.4 is 10.6 Å². The predicted octanol–water partition coefficient (Wildman–Crippen LogP) is 3.04. The molecule has 2 aliphatic rings. The monoisotopic (exact) mass is 324 g/mol. The fraction of sp³-hybridized carbons (Fsp3) is 0.474. The van der Waals surface area contributed by atoms with Gasteiger partial charge in [-0.05, 0) is 44.2 Å². The Hall–Kier alpha value is -2.14. The fourth-order valence-corrected chi connectivity index (χ4v) is 4.02. The minimum absolute atomic E-state index is 0.0470. The summed E-state index contributed by atoms with van der Waals surface area (Å²) in [6.45, 7) is 1.98. The fourth-order valence-electron chi connectivity index (χ4n) is 4.02. The molecule has 1 amide bonds. The summed E-state index contributed by atoms with van der Waals surface area (Å²) in [5.74, 6) is 1.36. The Morgan fingerprint density at radius 3 is 2.83 bits per heavy atom. The average Bonchev–Trinajstić information content (AvgIpc) is 3.20. The Bertz CT molecular complexity index is 710. The number of anilines is 1. The van der Waals surface area contributed by atoms with Crippen LogP contribution in [0.3, 0.4) is 0 Å². The highest BCUT2D eigenvalue weighted by atomic mass is 16.2. The number of hydrogen-bond donors (Lipinski definition) is 2. The van der Waals surface area contributed by atoms with E-state index in [1.165, 1.54) is 25.7 Å². The molecular weight excluding hydrogens is 300 g/mol. The largest absolute Gasteiger partial charge is 0.308 e. The van der Waals surface area contributed by atoms with Gasteiger partial charge in [-0.1, -0.05) is 31.0 Å². The molecule has 5 nitrogen and oxygen atoms in total. The SMILES string of the molecule is Cc1cn(-c2ccccc2)nc1NC(=O)[C@@H]1C[C@H]2CCCC[C@H]2N1. The number of benzene rings is 1. The molecule has 1 aliphatic carbocycles. The van der Waals surface area contributed by atoms with Gasteiger partial charge in [-0.3, -0.25) is 4.79 Å². The zero-order chi connectivity index (χ0) is 16.5. The zero-order valence-electron chi connectivity index (χ0n) is 14.0. The van der Waals surface area contributed by atoms with Crippen molar-refractivity contribution in [1.29, 1.82) is 0 Å². The second-order valence-corrected chi connectivity index (χ2v) is 7.04. The first kappa shape index (κ1) is 15.4. The molecule has 0 bridgehead atoms. The van der Waals surface area contributed by atoms with Gasteiger partial charge in [0.2, 0.25) is 5.91 Å². The Morgan fingerprint density at radius 1 is 1.25 bits per heavy atom. The van der Waals surface area contributed by atoms with Crippen molar-refractivity contribution in [3.05, 3.63) is 42.1 Å². The van der Waals surface area contributed by atoms with E-state index in [4.69, 9.17) is 0 Å². The van der Waals surface area contributed by atoms with Crippen LogP contribution in [-0.4, -0.2) is 27.8 Å². The lowest BCUT2D eigenvalue weighted by atomic mass is 9.85. The molecule has 2 N–H and O–H groups in total. The van der Waals surface area contributed by atoms with Gasteiger partial charge >= 0.3 is 0 Å². The van der Waals surface area contributed by atoms with E-state index in [1.807, 2.05) is 48.1 Å². The van der Waals surface area contributed by atoms with Crippen molar-refractivity contribution in [2.75, 3.05) is 5.32 Å². The lowest BCUT2D eigenvalue weighted by molar-refractivity contribution is -0.117. The normalized spacial score (nSPS) is 26.1. The maximum Gasteiger partial charge on any atom is 0.242 e. The van der Waals surface area contributed by atoms with E-state index >= 15 is 0 Å². The number of nitrogens with one attached hydrogen (secondary N) is 2. The molecule has 0 unspecified atom stereocenters. The molecule has 1 aliphatic heterocycles. The van der Waals surface area contributed by atoms with Gasteiger partial charge < -0.3 is 10.6 Å². The molecule has 1 aromatic heterocycles. The van der Waals surface area contributed by atoms with Crippen LogP contribution >= 0.6 is 0 Å². The minimum atomic E-state index is -0.0839. The zero-order valence-corrected chi connectivity index (χ0v) is 14.0. The van der Waals surface area contributed by atoms with E-state index in [0.29, 0.717) is 17.8 Å². The van der Waals surface area contributed by atoms with Crippen molar-refractivity contribution in [3.8, 4) is 5.69 Å².